The van der Waals surface area contributed by atoms with E-state index in [1.807, 2.05) is 54.6 Å². The lowest BCUT2D eigenvalue weighted by atomic mass is 9.77. The molecule has 2 atom stereocenters. The zero-order valence-corrected chi connectivity index (χ0v) is 14.2. The summed E-state index contributed by atoms with van der Waals surface area (Å²) in [5, 5.41) is 9.18. The second-order valence-corrected chi connectivity index (χ2v) is 6.00. The average molecular weight is 341 g/mol. The van der Waals surface area contributed by atoms with E-state index in [9.17, 15) is 4.79 Å². The number of methoxy groups -OCH3 is 1. The van der Waals surface area contributed by atoms with Gasteiger partial charge in [0.15, 0.2) is 0 Å². The van der Waals surface area contributed by atoms with Crippen molar-refractivity contribution in [2.45, 2.75) is 12.8 Å². The molecule has 0 N–H and O–H groups in total. The minimum Gasteiger partial charge on any atom is -0.468 e. The predicted octanol–water partition coefficient (Wildman–Crippen LogP) is 4.09. The number of rotatable bonds is 3. The molecule has 2 aromatic rings. The van der Waals surface area contributed by atoms with Crippen molar-refractivity contribution >= 4 is 29.0 Å². The van der Waals surface area contributed by atoms with Crippen molar-refractivity contribution in [1.29, 1.82) is 0 Å². The van der Waals surface area contributed by atoms with Gasteiger partial charge in [0.1, 0.15) is 5.92 Å². The molecular formula is C19H17ClN2O2. The Bertz CT molecular complexity index is 815. The Kier molecular flexibility index (Phi) is 4.76. The summed E-state index contributed by atoms with van der Waals surface area (Å²) >= 11 is 6.42. The molecule has 0 saturated carbocycles. The van der Waals surface area contributed by atoms with Gasteiger partial charge >= 0.3 is 5.97 Å². The molecule has 1 aliphatic rings. The summed E-state index contributed by atoms with van der Waals surface area (Å²) in [5.41, 5.74) is 3.08. The predicted molar refractivity (Wildman–Crippen MR) is 95.8 cm³/mol. The maximum Gasteiger partial charge on any atom is 0.315 e. The Balaban J connectivity index is 2.19. The number of hydrogen-bond acceptors (Lipinski definition) is 4. The molecule has 0 aromatic heterocycles. The van der Waals surface area contributed by atoms with Crippen molar-refractivity contribution in [1.82, 2.24) is 0 Å². The third-order valence-electron chi connectivity index (χ3n) is 4.16. The fraction of sp³-hybridized carbons (Fsp3) is 0.211. The van der Waals surface area contributed by atoms with Crippen LogP contribution in [-0.2, 0) is 9.53 Å². The number of benzene rings is 2. The molecule has 1 aliphatic heterocycles. The van der Waals surface area contributed by atoms with Gasteiger partial charge in [0.05, 0.1) is 18.5 Å². The van der Waals surface area contributed by atoms with Gasteiger partial charge in [-0.1, -0.05) is 60.1 Å². The third kappa shape index (κ3) is 2.97. The first-order chi connectivity index (χ1) is 11.6. The summed E-state index contributed by atoms with van der Waals surface area (Å²) in [6.45, 7) is 1.79. The summed E-state index contributed by atoms with van der Waals surface area (Å²) in [7, 11) is 1.38. The van der Waals surface area contributed by atoms with E-state index in [1.54, 1.807) is 6.92 Å². The maximum atomic E-state index is 12.4. The van der Waals surface area contributed by atoms with Crippen LogP contribution in [0.2, 0.25) is 5.02 Å². The van der Waals surface area contributed by atoms with Gasteiger partial charge in [0.2, 0.25) is 0 Å². The van der Waals surface area contributed by atoms with Crippen molar-refractivity contribution in [3.05, 3.63) is 70.7 Å². The van der Waals surface area contributed by atoms with Crippen LogP contribution >= 0.6 is 11.6 Å². The van der Waals surface area contributed by atoms with Gasteiger partial charge in [-0.2, -0.15) is 10.2 Å². The molecule has 0 amide bonds. The highest BCUT2D eigenvalue weighted by Gasteiger charge is 2.40. The van der Waals surface area contributed by atoms with Gasteiger partial charge in [-0.25, -0.2) is 0 Å². The van der Waals surface area contributed by atoms with Gasteiger partial charge in [-0.3, -0.25) is 4.79 Å². The SMILES string of the molecule is COC(=O)C1C(C)=NN=C(c2ccccc2)C1c1ccccc1Cl. The molecular weight excluding hydrogens is 324 g/mol. The van der Waals surface area contributed by atoms with E-state index in [0.29, 0.717) is 16.4 Å². The maximum absolute atomic E-state index is 12.4. The lowest BCUT2D eigenvalue weighted by Crippen LogP contribution is -2.37. The van der Waals surface area contributed by atoms with Gasteiger partial charge < -0.3 is 4.74 Å². The van der Waals surface area contributed by atoms with Crippen LogP contribution in [0.1, 0.15) is 24.0 Å². The highest BCUT2D eigenvalue weighted by Crippen LogP contribution is 2.37. The molecule has 1 heterocycles. The van der Waals surface area contributed by atoms with Crippen LogP contribution in [0.25, 0.3) is 0 Å². The topological polar surface area (TPSA) is 51.0 Å². The molecule has 0 saturated heterocycles. The van der Waals surface area contributed by atoms with Crippen molar-refractivity contribution in [3.8, 4) is 0 Å². The molecule has 3 rings (SSSR count). The number of esters is 1. The first kappa shape index (κ1) is 16.4. The van der Waals surface area contributed by atoms with Gasteiger partial charge in [0.25, 0.3) is 0 Å². The van der Waals surface area contributed by atoms with E-state index in [-0.39, 0.29) is 11.9 Å². The normalized spacial score (nSPS) is 20.1. The highest BCUT2D eigenvalue weighted by atomic mass is 35.5. The lowest BCUT2D eigenvalue weighted by molar-refractivity contribution is -0.143. The van der Waals surface area contributed by atoms with Crippen LogP contribution < -0.4 is 0 Å². The van der Waals surface area contributed by atoms with E-state index in [1.165, 1.54) is 7.11 Å². The van der Waals surface area contributed by atoms with Crippen molar-refractivity contribution in [2.75, 3.05) is 7.11 Å². The van der Waals surface area contributed by atoms with Gasteiger partial charge in [0, 0.05) is 10.9 Å². The zero-order valence-electron chi connectivity index (χ0n) is 13.4. The summed E-state index contributed by atoms with van der Waals surface area (Å²) in [6, 6.07) is 17.2. The van der Waals surface area contributed by atoms with E-state index < -0.39 is 5.92 Å². The van der Waals surface area contributed by atoms with Crippen molar-refractivity contribution in [2.24, 2.45) is 16.1 Å². The van der Waals surface area contributed by atoms with Crippen LogP contribution in [0.15, 0.2) is 64.8 Å². The molecule has 24 heavy (non-hydrogen) atoms. The Morgan fingerprint density at radius 2 is 1.71 bits per heavy atom. The van der Waals surface area contributed by atoms with Crippen LogP contribution in [0.4, 0.5) is 0 Å². The quantitative estimate of drug-likeness (QED) is 0.790. The number of ether oxygens (including phenoxy) is 1. The first-order valence-corrected chi connectivity index (χ1v) is 8.01. The first-order valence-electron chi connectivity index (χ1n) is 7.63. The standard InChI is InChI=1S/C19H17ClN2O2/c1-12-16(19(23)24-2)17(14-10-6-7-11-15(14)20)18(22-21-12)13-8-4-3-5-9-13/h3-11,16-17H,1-2H3. The molecule has 0 fully saturated rings. The molecule has 5 heteroatoms. The number of carbonyl (C=O) groups is 1. The molecule has 2 aromatic carbocycles. The fourth-order valence-electron chi connectivity index (χ4n) is 2.99. The van der Waals surface area contributed by atoms with E-state index in [2.05, 4.69) is 10.2 Å². The number of halogens is 1. The minimum atomic E-state index is -0.553. The smallest absolute Gasteiger partial charge is 0.315 e. The molecule has 2 unspecified atom stereocenters. The largest absolute Gasteiger partial charge is 0.468 e. The molecule has 0 aliphatic carbocycles. The monoisotopic (exact) mass is 340 g/mol. The Morgan fingerprint density at radius 1 is 1.04 bits per heavy atom. The lowest BCUT2D eigenvalue weighted by Gasteiger charge is -2.29. The summed E-state index contributed by atoms with van der Waals surface area (Å²) in [5.74, 6) is -1.24. The van der Waals surface area contributed by atoms with Gasteiger partial charge in [-0.15, -0.1) is 0 Å². The van der Waals surface area contributed by atoms with Crippen LogP contribution in [0.3, 0.4) is 0 Å². The summed E-state index contributed by atoms with van der Waals surface area (Å²) in [6.07, 6.45) is 0. The van der Waals surface area contributed by atoms with E-state index in [4.69, 9.17) is 16.3 Å². The third-order valence-corrected chi connectivity index (χ3v) is 4.50. The number of hydrogen-bond donors (Lipinski definition) is 0. The Labute approximate surface area is 145 Å². The molecule has 4 nitrogen and oxygen atoms in total. The number of carbonyl (C=O) groups excluding carboxylic acids is 1. The van der Waals surface area contributed by atoms with Crippen LogP contribution in [0.5, 0.6) is 0 Å². The summed E-state index contributed by atoms with van der Waals surface area (Å²) < 4.78 is 5.02. The Morgan fingerprint density at radius 3 is 2.38 bits per heavy atom. The van der Waals surface area contributed by atoms with Gasteiger partial charge in [-0.05, 0) is 24.1 Å². The molecule has 0 spiro atoms. The van der Waals surface area contributed by atoms with Crippen LogP contribution in [0, 0.1) is 5.92 Å². The van der Waals surface area contributed by atoms with E-state index >= 15 is 0 Å². The minimum absolute atomic E-state index is 0.342. The Hall–Kier alpha value is -2.46. The number of nitrogens with zero attached hydrogens (tertiary/aromatic N) is 2. The zero-order chi connectivity index (χ0) is 17.1. The summed E-state index contributed by atoms with van der Waals surface area (Å²) in [4.78, 5) is 12.4. The second-order valence-electron chi connectivity index (χ2n) is 5.59. The molecule has 0 bridgehead atoms. The van der Waals surface area contributed by atoms with Crippen molar-refractivity contribution < 1.29 is 9.53 Å². The molecule has 0 radical (unpaired) electrons. The highest BCUT2D eigenvalue weighted by molar-refractivity contribution is 6.32. The average Bonchev–Trinajstić information content (AvgIpc) is 2.62. The second kappa shape index (κ2) is 6.97. The van der Waals surface area contributed by atoms with Crippen molar-refractivity contribution in [3.63, 3.8) is 0 Å². The fourth-order valence-corrected chi connectivity index (χ4v) is 3.24. The van der Waals surface area contributed by atoms with E-state index in [0.717, 1.165) is 11.1 Å². The molecule has 122 valence electrons. The van der Waals surface area contributed by atoms with Crippen LogP contribution in [-0.4, -0.2) is 24.5 Å².